The number of nitrogens with zero attached hydrogens (tertiary/aromatic N) is 2. The van der Waals surface area contributed by atoms with Gasteiger partial charge < -0.3 is 5.32 Å². The third-order valence-electron chi connectivity index (χ3n) is 3.46. The van der Waals surface area contributed by atoms with Crippen LogP contribution in [-0.4, -0.2) is 9.78 Å². The van der Waals surface area contributed by atoms with Gasteiger partial charge in [-0.25, -0.2) is 0 Å². The summed E-state index contributed by atoms with van der Waals surface area (Å²) in [5, 5.41) is 7.98. The van der Waals surface area contributed by atoms with E-state index < -0.39 is 0 Å². The Kier molecular flexibility index (Phi) is 4.38. The molecular weight excluding hydrogens is 234 g/mol. The van der Waals surface area contributed by atoms with Crippen LogP contribution in [0.4, 0.5) is 0 Å². The third kappa shape index (κ3) is 3.44. The van der Waals surface area contributed by atoms with Gasteiger partial charge in [-0.1, -0.05) is 30.7 Å². The summed E-state index contributed by atoms with van der Waals surface area (Å²) in [6.07, 6.45) is 3.09. The van der Waals surface area contributed by atoms with Crippen LogP contribution in [-0.2, 0) is 26.6 Å². The van der Waals surface area contributed by atoms with Crippen LogP contribution in [0.25, 0.3) is 0 Å². The Bertz CT molecular complexity index is 555. The first-order valence-corrected chi connectivity index (χ1v) is 6.88. The predicted octanol–water partition coefficient (Wildman–Crippen LogP) is 2.89. The van der Waals surface area contributed by atoms with Crippen molar-refractivity contribution in [1.29, 1.82) is 0 Å². The molecule has 0 saturated carbocycles. The van der Waals surface area contributed by atoms with Gasteiger partial charge in [-0.2, -0.15) is 5.10 Å². The maximum absolute atomic E-state index is 4.46. The monoisotopic (exact) mass is 257 g/mol. The second kappa shape index (κ2) is 6.02. The van der Waals surface area contributed by atoms with Crippen LogP contribution in [0, 0.1) is 13.8 Å². The van der Waals surface area contributed by atoms with Crippen molar-refractivity contribution < 1.29 is 0 Å². The van der Waals surface area contributed by atoms with Gasteiger partial charge in [0.2, 0.25) is 0 Å². The summed E-state index contributed by atoms with van der Waals surface area (Å²) in [7, 11) is 1.98. The third-order valence-corrected chi connectivity index (χ3v) is 3.46. The van der Waals surface area contributed by atoms with Crippen LogP contribution in [0.1, 0.15) is 34.9 Å². The quantitative estimate of drug-likeness (QED) is 0.892. The maximum Gasteiger partial charge on any atom is 0.0666 e. The maximum atomic E-state index is 4.46. The van der Waals surface area contributed by atoms with Crippen LogP contribution < -0.4 is 5.32 Å². The molecule has 19 heavy (non-hydrogen) atoms. The summed E-state index contributed by atoms with van der Waals surface area (Å²) in [5.74, 6) is 0. The molecule has 1 aromatic carbocycles. The Hall–Kier alpha value is -1.61. The van der Waals surface area contributed by atoms with Crippen LogP contribution in [0.5, 0.6) is 0 Å². The van der Waals surface area contributed by atoms with Gasteiger partial charge in [-0.3, -0.25) is 4.68 Å². The summed E-state index contributed by atoms with van der Waals surface area (Å²) in [6, 6.07) is 6.61. The molecule has 1 aromatic heterocycles. The fraction of sp³-hybridized carbons (Fsp3) is 0.438. The average molecular weight is 257 g/mol. The van der Waals surface area contributed by atoms with Gasteiger partial charge >= 0.3 is 0 Å². The standard InChI is InChI=1S/C16H23N3/c1-5-16-15(11-19(4)18-16)10-17-9-14-8-12(2)6-7-13(14)3/h6-8,11,17H,5,9-10H2,1-4H3. The number of benzene rings is 1. The highest BCUT2D eigenvalue weighted by molar-refractivity contribution is 5.30. The molecule has 0 aliphatic heterocycles. The van der Waals surface area contributed by atoms with Gasteiger partial charge in [0.05, 0.1) is 5.69 Å². The van der Waals surface area contributed by atoms with E-state index in [1.54, 1.807) is 0 Å². The number of aryl methyl sites for hydroxylation is 4. The van der Waals surface area contributed by atoms with Crippen molar-refractivity contribution in [2.24, 2.45) is 7.05 Å². The lowest BCUT2D eigenvalue weighted by Gasteiger charge is -2.08. The Morgan fingerprint density at radius 3 is 2.63 bits per heavy atom. The largest absolute Gasteiger partial charge is 0.308 e. The molecule has 3 nitrogen and oxygen atoms in total. The fourth-order valence-electron chi connectivity index (χ4n) is 2.35. The molecule has 1 heterocycles. The highest BCUT2D eigenvalue weighted by Crippen LogP contribution is 2.11. The van der Waals surface area contributed by atoms with E-state index in [1.807, 2.05) is 11.7 Å². The van der Waals surface area contributed by atoms with E-state index in [-0.39, 0.29) is 0 Å². The van der Waals surface area contributed by atoms with E-state index in [9.17, 15) is 0 Å². The molecule has 0 amide bonds. The fourth-order valence-corrected chi connectivity index (χ4v) is 2.35. The van der Waals surface area contributed by atoms with E-state index in [0.29, 0.717) is 0 Å². The SMILES string of the molecule is CCc1nn(C)cc1CNCc1cc(C)ccc1C. The van der Waals surface area contributed by atoms with E-state index >= 15 is 0 Å². The lowest BCUT2D eigenvalue weighted by atomic mass is 10.1. The summed E-state index contributed by atoms with van der Waals surface area (Å²) >= 11 is 0. The summed E-state index contributed by atoms with van der Waals surface area (Å²) in [4.78, 5) is 0. The second-order valence-corrected chi connectivity index (χ2v) is 5.16. The van der Waals surface area contributed by atoms with Gasteiger partial charge in [0.1, 0.15) is 0 Å². The minimum Gasteiger partial charge on any atom is -0.308 e. The molecule has 2 rings (SSSR count). The van der Waals surface area contributed by atoms with Gasteiger partial charge in [0.25, 0.3) is 0 Å². The summed E-state index contributed by atoms with van der Waals surface area (Å²) < 4.78 is 1.90. The number of nitrogens with one attached hydrogen (secondary N) is 1. The van der Waals surface area contributed by atoms with Gasteiger partial charge in [-0.15, -0.1) is 0 Å². The van der Waals surface area contributed by atoms with Crippen molar-refractivity contribution in [3.05, 3.63) is 52.3 Å². The van der Waals surface area contributed by atoms with Crippen molar-refractivity contribution in [2.75, 3.05) is 0 Å². The molecule has 0 fully saturated rings. The average Bonchev–Trinajstić information content (AvgIpc) is 2.74. The molecule has 0 aliphatic carbocycles. The Morgan fingerprint density at radius 2 is 1.89 bits per heavy atom. The smallest absolute Gasteiger partial charge is 0.0666 e. The van der Waals surface area contributed by atoms with Gasteiger partial charge in [0.15, 0.2) is 0 Å². The number of aromatic nitrogens is 2. The molecular formula is C16H23N3. The van der Waals surface area contributed by atoms with Crippen molar-refractivity contribution in [2.45, 2.75) is 40.3 Å². The van der Waals surface area contributed by atoms with Crippen LogP contribution in [0.15, 0.2) is 24.4 Å². The van der Waals surface area contributed by atoms with E-state index in [0.717, 1.165) is 19.5 Å². The molecule has 0 unspecified atom stereocenters. The Labute approximate surface area is 115 Å². The van der Waals surface area contributed by atoms with E-state index in [4.69, 9.17) is 0 Å². The zero-order valence-electron chi connectivity index (χ0n) is 12.3. The lowest BCUT2D eigenvalue weighted by molar-refractivity contribution is 0.685. The van der Waals surface area contributed by atoms with E-state index in [2.05, 4.69) is 55.6 Å². The van der Waals surface area contributed by atoms with Crippen molar-refractivity contribution in [1.82, 2.24) is 15.1 Å². The first kappa shape index (κ1) is 13.8. The molecule has 0 atom stereocenters. The normalized spacial score (nSPS) is 10.9. The Morgan fingerprint density at radius 1 is 1.16 bits per heavy atom. The number of hydrogen-bond acceptors (Lipinski definition) is 2. The molecule has 0 bridgehead atoms. The highest BCUT2D eigenvalue weighted by Gasteiger charge is 2.05. The van der Waals surface area contributed by atoms with Crippen LogP contribution >= 0.6 is 0 Å². The molecule has 0 radical (unpaired) electrons. The topological polar surface area (TPSA) is 29.9 Å². The number of rotatable bonds is 5. The summed E-state index contributed by atoms with van der Waals surface area (Å²) in [6.45, 7) is 8.24. The molecule has 2 aromatic rings. The zero-order valence-corrected chi connectivity index (χ0v) is 12.3. The number of hydrogen-bond donors (Lipinski definition) is 1. The molecule has 0 aliphatic rings. The molecule has 0 spiro atoms. The minimum atomic E-state index is 0.879. The lowest BCUT2D eigenvalue weighted by Crippen LogP contribution is -2.14. The molecule has 102 valence electrons. The first-order chi connectivity index (χ1) is 9.10. The Balaban J connectivity index is 1.98. The predicted molar refractivity (Wildman–Crippen MR) is 79.0 cm³/mol. The van der Waals surface area contributed by atoms with Gasteiger partial charge in [-0.05, 0) is 31.4 Å². The minimum absolute atomic E-state index is 0.879. The molecule has 1 N–H and O–H groups in total. The van der Waals surface area contributed by atoms with Crippen molar-refractivity contribution >= 4 is 0 Å². The van der Waals surface area contributed by atoms with Crippen molar-refractivity contribution in [3.8, 4) is 0 Å². The summed E-state index contributed by atoms with van der Waals surface area (Å²) in [5.41, 5.74) is 6.53. The van der Waals surface area contributed by atoms with E-state index in [1.165, 1.54) is 27.9 Å². The van der Waals surface area contributed by atoms with Crippen LogP contribution in [0.3, 0.4) is 0 Å². The van der Waals surface area contributed by atoms with Crippen LogP contribution in [0.2, 0.25) is 0 Å². The van der Waals surface area contributed by atoms with Crippen molar-refractivity contribution in [3.63, 3.8) is 0 Å². The second-order valence-electron chi connectivity index (χ2n) is 5.16. The molecule has 3 heteroatoms. The highest BCUT2D eigenvalue weighted by atomic mass is 15.3. The first-order valence-electron chi connectivity index (χ1n) is 6.88. The zero-order chi connectivity index (χ0) is 13.8. The molecule has 0 saturated heterocycles. The van der Waals surface area contributed by atoms with Gasteiger partial charge in [0, 0.05) is 31.9 Å².